The van der Waals surface area contributed by atoms with Crippen molar-refractivity contribution in [3.63, 3.8) is 0 Å². The molecule has 0 aliphatic carbocycles. The second-order valence-electron chi connectivity index (χ2n) is 7.05. The molecule has 0 amide bonds. The van der Waals surface area contributed by atoms with E-state index >= 15 is 0 Å². The van der Waals surface area contributed by atoms with Crippen molar-refractivity contribution in [1.29, 1.82) is 0 Å². The maximum Gasteiger partial charge on any atom is 0.191 e. The highest BCUT2D eigenvalue weighted by atomic mass is 15.4. The van der Waals surface area contributed by atoms with Gasteiger partial charge in [0.15, 0.2) is 11.6 Å². The zero-order valence-corrected chi connectivity index (χ0v) is 16.5. The molecule has 3 aromatic heterocycles. The second kappa shape index (κ2) is 8.37. The predicted molar refractivity (Wildman–Crippen MR) is 107 cm³/mol. The summed E-state index contributed by atoms with van der Waals surface area (Å²) in [6.07, 6.45) is 5.75. The molecular formula is C19H27N9. The Bertz CT molecular complexity index is 955. The van der Waals surface area contributed by atoms with Gasteiger partial charge in [0.1, 0.15) is 17.5 Å². The lowest BCUT2D eigenvalue weighted by Gasteiger charge is -2.25. The van der Waals surface area contributed by atoms with Crippen molar-refractivity contribution in [3.05, 3.63) is 41.9 Å². The van der Waals surface area contributed by atoms with Crippen LogP contribution in [0.5, 0.6) is 0 Å². The topological polar surface area (TPSA) is 97.3 Å². The van der Waals surface area contributed by atoms with E-state index in [1.165, 1.54) is 0 Å². The first-order valence-corrected chi connectivity index (χ1v) is 9.96. The maximum atomic E-state index is 4.74. The average Bonchev–Trinajstić information content (AvgIpc) is 3.27. The van der Waals surface area contributed by atoms with Gasteiger partial charge in [-0.15, -0.1) is 10.2 Å². The fourth-order valence-electron chi connectivity index (χ4n) is 3.55. The Morgan fingerprint density at radius 1 is 1.32 bits per heavy atom. The fraction of sp³-hybridized carbons (Fsp3) is 0.526. The third kappa shape index (κ3) is 4.13. The first kappa shape index (κ1) is 18.4. The zero-order valence-electron chi connectivity index (χ0n) is 16.5. The highest BCUT2D eigenvalue weighted by molar-refractivity contribution is 5.80. The minimum absolute atomic E-state index is 0.312. The van der Waals surface area contributed by atoms with Crippen molar-refractivity contribution in [2.75, 3.05) is 13.1 Å². The molecule has 0 bridgehead atoms. The van der Waals surface area contributed by atoms with Crippen LogP contribution in [0.1, 0.15) is 37.2 Å². The van der Waals surface area contributed by atoms with Gasteiger partial charge in [-0.3, -0.25) is 9.39 Å². The summed E-state index contributed by atoms with van der Waals surface area (Å²) in [6, 6.07) is 6.25. The summed E-state index contributed by atoms with van der Waals surface area (Å²) in [6.45, 7) is 6.42. The van der Waals surface area contributed by atoms with Crippen LogP contribution in [0.4, 0.5) is 0 Å². The molecule has 9 nitrogen and oxygen atoms in total. The molecule has 9 heteroatoms. The molecule has 28 heavy (non-hydrogen) atoms. The van der Waals surface area contributed by atoms with E-state index in [2.05, 4.69) is 37.8 Å². The van der Waals surface area contributed by atoms with Crippen molar-refractivity contribution >= 4 is 11.6 Å². The predicted octanol–water partition coefficient (Wildman–Crippen LogP) is 1.13. The van der Waals surface area contributed by atoms with E-state index in [0.29, 0.717) is 6.04 Å². The van der Waals surface area contributed by atoms with Crippen LogP contribution in [0.2, 0.25) is 0 Å². The molecule has 3 aromatic rings. The highest BCUT2D eigenvalue weighted by Crippen LogP contribution is 2.12. The monoisotopic (exact) mass is 381 g/mol. The maximum absolute atomic E-state index is 4.74. The lowest BCUT2D eigenvalue weighted by Crippen LogP contribution is -2.47. The molecule has 0 spiro atoms. The third-order valence-corrected chi connectivity index (χ3v) is 4.86. The van der Waals surface area contributed by atoms with Crippen molar-refractivity contribution in [2.24, 2.45) is 4.99 Å². The van der Waals surface area contributed by atoms with Gasteiger partial charge in [0.05, 0.1) is 6.54 Å². The number of aromatic nitrogens is 6. The zero-order chi connectivity index (χ0) is 19.3. The van der Waals surface area contributed by atoms with Crippen LogP contribution in [0, 0.1) is 6.92 Å². The number of nitrogens with one attached hydrogen (secondary N) is 2. The lowest BCUT2D eigenvalue weighted by molar-refractivity contribution is 0.392. The van der Waals surface area contributed by atoms with Crippen LogP contribution in [0.25, 0.3) is 5.65 Å². The average molecular weight is 381 g/mol. The summed E-state index contributed by atoms with van der Waals surface area (Å²) in [4.78, 5) is 9.21. The number of fused-ring (bicyclic) bond motifs is 2. The molecule has 0 fully saturated rings. The smallest absolute Gasteiger partial charge is 0.191 e. The van der Waals surface area contributed by atoms with Crippen molar-refractivity contribution in [3.8, 4) is 0 Å². The van der Waals surface area contributed by atoms with Crippen molar-refractivity contribution in [2.45, 2.75) is 52.1 Å². The molecule has 1 unspecified atom stereocenters. The minimum atomic E-state index is 0.312. The van der Waals surface area contributed by atoms with Gasteiger partial charge in [-0.1, -0.05) is 6.07 Å². The van der Waals surface area contributed by atoms with E-state index in [-0.39, 0.29) is 0 Å². The van der Waals surface area contributed by atoms with Gasteiger partial charge in [-0.05, 0) is 38.8 Å². The van der Waals surface area contributed by atoms with Crippen molar-refractivity contribution < 1.29 is 0 Å². The van der Waals surface area contributed by atoms with Gasteiger partial charge in [-0.25, -0.2) is 9.67 Å². The number of nitrogens with zero attached hydrogens (tertiary/aromatic N) is 7. The molecule has 4 heterocycles. The van der Waals surface area contributed by atoms with Gasteiger partial charge in [-0.2, -0.15) is 5.10 Å². The summed E-state index contributed by atoms with van der Waals surface area (Å²) in [5.74, 6) is 3.76. The van der Waals surface area contributed by atoms with E-state index < -0.39 is 0 Å². The van der Waals surface area contributed by atoms with Gasteiger partial charge in [0, 0.05) is 38.2 Å². The van der Waals surface area contributed by atoms with E-state index in [1.54, 1.807) is 0 Å². The van der Waals surface area contributed by atoms with E-state index in [1.807, 2.05) is 40.4 Å². The molecule has 148 valence electrons. The number of rotatable bonds is 6. The summed E-state index contributed by atoms with van der Waals surface area (Å²) >= 11 is 0. The molecule has 0 radical (unpaired) electrons. The van der Waals surface area contributed by atoms with E-state index in [9.17, 15) is 0 Å². The number of aryl methyl sites for hydroxylation is 3. The fourth-order valence-corrected chi connectivity index (χ4v) is 3.55. The summed E-state index contributed by atoms with van der Waals surface area (Å²) in [5, 5.41) is 19.8. The Labute approximate surface area is 164 Å². The van der Waals surface area contributed by atoms with Gasteiger partial charge in [0.25, 0.3) is 0 Å². The van der Waals surface area contributed by atoms with Crippen molar-refractivity contribution in [1.82, 2.24) is 40.0 Å². The summed E-state index contributed by atoms with van der Waals surface area (Å²) in [7, 11) is 0. The SMILES string of the molecule is CCNC(=NCCCc1nnc2ccccn12)NC1CCc2nc(C)nn2C1. The Balaban J connectivity index is 1.32. The van der Waals surface area contributed by atoms with Crippen LogP contribution < -0.4 is 10.6 Å². The number of pyridine rings is 1. The third-order valence-electron chi connectivity index (χ3n) is 4.86. The minimum Gasteiger partial charge on any atom is -0.357 e. The van der Waals surface area contributed by atoms with Crippen LogP contribution in [-0.2, 0) is 19.4 Å². The normalized spacial score (nSPS) is 16.9. The van der Waals surface area contributed by atoms with Gasteiger partial charge < -0.3 is 10.6 Å². The highest BCUT2D eigenvalue weighted by Gasteiger charge is 2.21. The molecule has 4 rings (SSSR count). The number of hydrogen-bond donors (Lipinski definition) is 2. The van der Waals surface area contributed by atoms with Crippen LogP contribution in [-0.4, -0.2) is 54.5 Å². The molecule has 2 N–H and O–H groups in total. The largest absolute Gasteiger partial charge is 0.357 e. The molecule has 0 aromatic carbocycles. The molecule has 1 aliphatic rings. The van der Waals surface area contributed by atoms with E-state index in [4.69, 9.17) is 4.99 Å². The summed E-state index contributed by atoms with van der Waals surface area (Å²) in [5.41, 5.74) is 0.885. The number of aliphatic imine (C=N–C) groups is 1. The first-order chi connectivity index (χ1) is 13.7. The standard InChI is InChI=1S/C19H27N9/c1-3-20-19(23-15-9-10-16-22-14(2)26-28(16)13-15)21-11-6-8-18-25-24-17-7-4-5-12-27(17)18/h4-5,7,12,15H,3,6,8-11,13H2,1-2H3,(H2,20,21,23). The summed E-state index contributed by atoms with van der Waals surface area (Å²) < 4.78 is 4.04. The number of hydrogen-bond acceptors (Lipinski definition) is 5. The lowest BCUT2D eigenvalue weighted by atomic mass is 10.1. The molecular weight excluding hydrogens is 354 g/mol. The van der Waals surface area contributed by atoms with Crippen LogP contribution in [0.3, 0.4) is 0 Å². The van der Waals surface area contributed by atoms with E-state index in [0.717, 1.165) is 74.4 Å². The Morgan fingerprint density at radius 2 is 2.25 bits per heavy atom. The van der Waals surface area contributed by atoms with Gasteiger partial charge in [0.2, 0.25) is 0 Å². The Kier molecular flexibility index (Phi) is 5.50. The number of guanidine groups is 1. The molecule has 1 aliphatic heterocycles. The Morgan fingerprint density at radius 3 is 3.14 bits per heavy atom. The Hall–Kier alpha value is -2.97. The van der Waals surface area contributed by atoms with Crippen LogP contribution in [0.15, 0.2) is 29.4 Å². The molecule has 0 saturated carbocycles. The first-order valence-electron chi connectivity index (χ1n) is 9.96. The molecule has 1 atom stereocenters. The quantitative estimate of drug-likeness (QED) is 0.377. The second-order valence-corrected chi connectivity index (χ2v) is 7.05. The van der Waals surface area contributed by atoms with Gasteiger partial charge >= 0.3 is 0 Å². The van der Waals surface area contributed by atoms with Crippen LogP contribution >= 0.6 is 0 Å². The molecule has 0 saturated heterocycles.